The summed E-state index contributed by atoms with van der Waals surface area (Å²) in [5, 5.41) is 9.65. The molecule has 1 saturated carbocycles. The van der Waals surface area contributed by atoms with Crippen molar-refractivity contribution in [3.05, 3.63) is 83.3 Å². The maximum atomic E-state index is 11.8. The Labute approximate surface area is 232 Å². The van der Waals surface area contributed by atoms with Gasteiger partial charge in [-0.25, -0.2) is 14.8 Å². The summed E-state index contributed by atoms with van der Waals surface area (Å²) in [7, 11) is 1.55. The minimum atomic E-state index is -0.983. The van der Waals surface area contributed by atoms with E-state index in [0.717, 1.165) is 48.7 Å². The number of aromatic nitrogens is 3. The van der Waals surface area contributed by atoms with Crippen molar-refractivity contribution in [2.75, 3.05) is 26.8 Å². The Morgan fingerprint density at radius 3 is 2.58 bits per heavy atom. The molecule has 1 aliphatic carbocycles. The average Bonchev–Trinajstić information content (AvgIpc) is 3.26. The number of aromatic carboxylic acids is 1. The van der Waals surface area contributed by atoms with Crippen LogP contribution in [-0.4, -0.2) is 63.4 Å². The number of hydrogen-bond acceptors (Lipinski definition) is 7. The molecule has 4 heterocycles. The topological polar surface area (TPSA) is 98.9 Å². The first kappa shape index (κ1) is 25.0. The molecule has 0 bridgehead atoms. The largest absolute Gasteiger partial charge is 0.494 e. The number of pyridine rings is 1. The van der Waals surface area contributed by atoms with Crippen LogP contribution in [0.25, 0.3) is 11.0 Å². The van der Waals surface area contributed by atoms with Crippen molar-refractivity contribution < 1.29 is 24.1 Å². The lowest BCUT2D eigenvalue weighted by atomic mass is 10.1. The number of piperidine rings is 1. The average molecular weight is 541 g/mol. The Kier molecular flexibility index (Phi) is 6.40. The molecule has 4 aromatic rings. The zero-order valence-corrected chi connectivity index (χ0v) is 22.4. The number of rotatable bonds is 10. The summed E-state index contributed by atoms with van der Waals surface area (Å²) in [5.41, 5.74) is 3.90. The van der Waals surface area contributed by atoms with E-state index in [1.807, 2.05) is 30.3 Å². The van der Waals surface area contributed by atoms with Gasteiger partial charge in [-0.2, -0.15) is 0 Å². The summed E-state index contributed by atoms with van der Waals surface area (Å²) in [4.78, 5) is 24.0. The minimum absolute atomic E-state index is 0.120. The van der Waals surface area contributed by atoms with Crippen LogP contribution in [-0.2, 0) is 24.4 Å². The molecule has 9 heteroatoms. The number of imidazole rings is 1. The fraction of sp³-hybridized carbons (Fsp3) is 0.387. The molecule has 206 valence electrons. The van der Waals surface area contributed by atoms with Crippen molar-refractivity contribution in [3.63, 3.8) is 0 Å². The van der Waals surface area contributed by atoms with Crippen LogP contribution >= 0.6 is 0 Å². The summed E-state index contributed by atoms with van der Waals surface area (Å²) < 4.78 is 19.4. The standard InChI is InChI=1S/C31H32N4O5/c1-38-26-13-20(31(36)37)12-25-30(26)33-27(35(25)14-21-10-11-39-21)17-34-15-22-23(16-34)29(22)24-8-5-9-28(32-24)40-18-19-6-3-2-4-7-19/h2-9,12-13,21-23,29H,10-11,14-18H2,1H3,(H,36,37)/t21-,22-,23+,29+/m0/s1. The Morgan fingerprint density at radius 1 is 1.07 bits per heavy atom. The number of hydrogen-bond donors (Lipinski definition) is 1. The molecule has 4 atom stereocenters. The van der Waals surface area contributed by atoms with Crippen molar-refractivity contribution >= 4 is 17.0 Å². The maximum Gasteiger partial charge on any atom is 0.335 e. The number of ether oxygens (including phenoxy) is 3. The van der Waals surface area contributed by atoms with Crippen LogP contribution in [0.15, 0.2) is 60.7 Å². The third kappa shape index (κ3) is 4.69. The van der Waals surface area contributed by atoms with Gasteiger partial charge in [-0.1, -0.05) is 36.4 Å². The van der Waals surface area contributed by atoms with E-state index < -0.39 is 5.97 Å². The molecule has 2 aliphatic heterocycles. The van der Waals surface area contributed by atoms with E-state index in [-0.39, 0.29) is 11.7 Å². The molecule has 3 fully saturated rings. The fourth-order valence-electron chi connectivity index (χ4n) is 6.29. The van der Waals surface area contributed by atoms with Crippen LogP contribution in [0, 0.1) is 11.8 Å². The Bertz CT molecular complexity index is 1540. The van der Waals surface area contributed by atoms with Crippen LogP contribution < -0.4 is 9.47 Å². The van der Waals surface area contributed by atoms with Crippen LogP contribution in [0.5, 0.6) is 11.6 Å². The smallest absolute Gasteiger partial charge is 0.335 e. The van der Waals surface area contributed by atoms with Crippen molar-refractivity contribution in [2.45, 2.75) is 38.1 Å². The lowest BCUT2D eigenvalue weighted by Gasteiger charge is -2.28. The van der Waals surface area contributed by atoms with E-state index in [1.54, 1.807) is 19.2 Å². The summed E-state index contributed by atoms with van der Waals surface area (Å²) in [6.07, 6.45) is 1.11. The van der Waals surface area contributed by atoms with E-state index in [9.17, 15) is 9.90 Å². The zero-order chi connectivity index (χ0) is 27.2. The van der Waals surface area contributed by atoms with E-state index in [1.165, 1.54) is 0 Å². The molecule has 1 N–H and O–H groups in total. The van der Waals surface area contributed by atoms with Gasteiger partial charge in [0.1, 0.15) is 23.7 Å². The summed E-state index contributed by atoms with van der Waals surface area (Å²) in [6.45, 7) is 4.58. The third-order valence-electron chi connectivity index (χ3n) is 8.50. The Hall–Kier alpha value is -3.95. The van der Waals surface area contributed by atoms with Crippen LogP contribution in [0.3, 0.4) is 0 Å². The highest BCUT2D eigenvalue weighted by molar-refractivity contribution is 5.95. The van der Waals surface area contributed by atoms with Gasteiger partial charge < -0.3 is 23.9 Å². The van der Waals surface area contributed by atoms with Gasteiger partial charge >= 0.3 is 5.97 Å². The van der Waals surface area contributed by atoms with E-state index in [0.29, 0.717) is 54.6 Å². The quantitative estimate of drug-likeness (QED) is 0.317. The number of carboxylic acid groups (broad SMARTS) is 1. The number of carbonyl (C=O) groups is 1. The zero-order valence-electron chi connectivity index (χ0n) is 22.4. The first-order valence-corrected chi connectivity index (χ1v) is 13.9. The molecule has 0 radical (unpaired) electrons. The molecule has 0 unspecified atom stereocenters. The van der Waals surface area contributed by atoms with Gasteiger partial charge in [-0.3, -0.25) is 4.90 Å². The highest BCUT2D eigenvalue weighted by Gasteiger charge is 2.57. The highest BCUT2D eigenvalue weighted by Crippen LogP contribution is 2.58. The lowest BCUT2D eigenvalue weighted by Crippen LogP contribution is -2.33. The van der Waals surface area contributed by atoms with Gasteiger partial charge in [-0.05, 0) is 42.0 Å². The third-order valence-corrected chi connectivity index (χ3v) is 8.50. The molecular weight excluding hydrogens is 508 g/mol. The van der Waals surface area contributed by atoms with Crippen LogP contribution in [0.2, 0.25) is 0 Å². The molecule has 40 heavy (non-hydrogen) atoms. The molecule has 9 nitrogen and oxygen atoms in total. The van der Waals surface area contributed by atoms with Gasteiger partial charge in [-0.15, -0.1) is 0 Å². The van der Waals surface area contributed by atoms with Crippen molar-refractivity contribution in [3.8, 4) is 11.6 Å². The fourth-order valence-corrected chi connectivity index (χ4v) is 6.29. The van der Waals surface area contributed by atoms with E-state index in [4.69, 9.17) is 24.2 Å². The van der Waals surface area contributed by atoms with Gasteiger partial charge in [0.15, 0.2) is 0 Å². The predicted molar refractivity (Wildman–Crippen MR) is 148 cm³/mol. The molecule has 0 spiro atoms. The Morgan fingerprint density at radius 2 is 1.88 bits per heavy atom. The number of methoxy groups -OCH3 is 1. The predicted octanol–water partition coefficient (Wildman–Crippen LogP) is 4.35. The monoisotopic (exact) mass is 540 g/mol. The molecule has 7 rings (SSSR count). The molecular formula is C31H32N4O5. The van der Waals surface area contributed by atoms with Gasteiger partial charge in [0.2, 0.25) is 5.88 Å². The lowest BCUT2D eigenvalue weighted by molar-refractivity contribution is -0.0591. The Balaban J connectivity index is 1.06. The number of likely N-dealkylation sites (tertiary alicyclic amines) is 1. The first-order valence-electron chi connectivity index (χ1n) is 13.9. The van der Waals surface area contributed by atoms with Crippen LogP contribution in [0.1, 0.15) is 39.8 Å². The molecule has 3 aliphatic rings. The number of fused-ring (bicyclic) bond motifs is 2. The summed E-state index contributed by atoms with van der Waals surface area (Å²) >= 11 is 0. The molecule has 2 aromatic heterocycles. The first-order chi connectivity index (χ1) is 19.6. The van der Waals surface area contributed by atoms with Crippen molar-refractivity contribution in [1.82, 2.24) is 19.4 Å². The van der Waals surface area contributed by atoms with Gasteiger partial charge in [0.25, 0.3) is 0 Å². The van der Waals surface area contributed by atoms with Gasteiger partial charge in [0.05, 0.1) is 37.4 Å². The number of nitrogens with zero attached hydrogens (tertiary/aromatic N) is 4. The number of benzene rings is 2. The highest BCUT2D eigenvalue weighted by atomic mass is 16.5. The minimum Gasteiger partial charge on any atom is -0.494 e. The summed E-state index contributed by atoms with van der Waals surface area (Å²) in [6, 6.07) is 19.5. The number of carboxylic acids is 1. The molecule has 2 aromatic carbocycles. The van der Waals surface area contributed by atoms with Crippen molar-refractivity contribution in [2.24, 2.45) is 11.8 Å². The second-order valence-electron chi connectivity index (χ2n) is 11.0. The SMILES string of the molecule is COc1cc(C(=O)O)cc2c1nc(CN1C[C@@H]3[C@H](C1)[C@H]3c1cccc(OCc3ccccc3)n1)n2C[C@@H]1CCO1. The molecule has 2 saturated heterocycles. The van der Waals surface area contributed by atoms with Crippen molar-refractivity contribution in [1.29, 1.82) is 0 Å². The van der Waals surface area contributed by atoms with Crippen LogP contribution in [0.4, 0.5) is 0 Å². The molecule has 0 amide bonds. The van der Waals surface area contributed by atoms with E-state index in [2.05, 4.69) is 27.7 Å². The normalized spacial score (nSPS) is 23.5. The maximum absolute atomic E-state index is 11.8. The second kappa shape index (κ2) is 10.2. The van der Waals surface area contributed by atoms with Gasteiger partial charge in [0, 0.05) is 37.4 Å². The summed E-state index contributed by atoms with van der Waals surface area (Å²) in [5.74, 6) is 2.67. The van der Waals surface area contributed by atoms with E-state index >= 15 is 0 Å². The second-order valence-corrected chi connectivity index (χ2v) is 11.0.